The Morgan fingerprint density at radius 3 is 2.56 bits per heavy atom. The van der Waals surface area contributed by atoms with Crippen LogP contribution in [0.4, 0.5) is 0 Å². The van der Waals surface area contributed by atoms with Crippen molar-refractivity contribution in [3.8, 4) is 5.75 Å². The molecule has 27 heavy (non-hydrogen) atoms. The number of nitrogens with two attached hydrogens (primary N) is 1. The van der Waals surface area contributed by atoms with E-state index >= 15 is 0 Å². The number of aromatic hydroxyl groups is 1. The third-order valence-electron chi connectivity index (χ3n) is 4.59. The van der Waals surface area contributed by atoms with Gasteiger partial charge in [0.25, 0.3) is 0 Å². The van der Waals surface area contributed by atoms with Crippen LogP contribution in [0.3, 0.4) is 0 Å². The van der Waals surface area contributed by atoms with Crippen molar-refractivity contribution in [3.63, 3.8) is 0 Å². The first kappa shape index (κ1) is 20.1. The number of allylic oxidation sites excluding steroid dienone is 3. The largest absolute Gasteiger partial charge is 0.507 e. The minimum absolute atomic E-state index is 0.00736. The Hall–Kier alpha value is -3.22. The van der Waals surface area contributed by atoms with Gasteiger partial charge < -0.3 is 15.9 Å². The monoisotopic (exact) mass is 371 g/mol. The second kappa shape index (κ2) is 7.99. The number of phenolic OH excluding ortho intramolecular Hbond substituents is 1. The molecule has 0 saturated carbocycles. The minimum atomic E-state index is -1.07. The van der Waals surface area contributed by atoms with Gasteiger partial charge in [0.15, 0.2) is 11.6 Å². The number of hydrogen-bond acceptors (Lipinski definition) is 6. The van der Waals surface area contributed by atoms with E-state index in [0.717, 1.165) is 12.2 Å². The normalized spacial score (nSPS) is 14.8. The van der Waals surface area contributed by atoms with Crippen molar-refractivity contribution < 1.29 is 29.4 Å². The number of aryl methyl sites for hydroxylation is 1. The fraction of sp³-hybridized carbons (Fsp3) is 0.300. The molecule has 1 aromatic carbocycles. The maximum atomic E-state index is 12.8. The van der Waals surface area contributed by atoms with Gasteiger partial charge in [-0.25, -0.2) is 4.79 Å². The standard InChI is InChI=1S/C20H21NO6/c1-3-11(5-7-16(24)25)4-6-14(22)18-17-12(8-10(2)19(18)26)20(27)13(21)9-15(17)23/h5,7-9,11,26H,3-4,6,21H2,1-2H3,(H,24,25). The van der Waals surface area contributed by atoms with Gasteiger partial charge in [-0.15, -0.1) is 0 Å². The van der Waals surface area contributed by atoms with Crippen LogP contribution in [0.15, 0.2) is 30.0 Å². The van der Waals surface area contributed by atoms with E-state index in [4.69, 9.17) is 10.8 Å². The van der Waals surface area contributed by atoms with Gasteiger partial charge in [0.1, 0.15) is 5.75 Å². The Morgan fingerprint density at radius 1 is 1.30 bits per heavy atom. The Bertz CT molecular complexity index is 894. The van der Waals surface area contributed by atoms with E-state index in [1.807, 2.05) is 6.92 Å². The second-order valence-electron chi connectivity index (χ2n) is 6.46. The van der Waals surface area contributed by atoms with E-state index < -0.39 is 23.3 Å². The van der Waals surface area contributed by atoms with Gasteiger partial charge in [-0.2, -0.15) is 0 Å². The number of carbonyl (C=O) groups excluding carboxylic acids is 3. The molecular formula is C20H21NO6. The predicted molar refractivity (Wildman–Crippen MR) is 97.9 cm³/mol. The fourth-order valence-electron chi connectivity index (χ4n) is 3.04. The maximum Gasteiger partial charge on any atom is 0.327 e. The molecule has 1 aliphatic carbocycles. The van der Waals surface area contributed by atoms with Gasteiger partial charge in [0.2, 0.25) is 5.78 Å². The summed E-state index contributed by atoms with van der Waals surface area (Å²) >= 11 is 0. The molecule has 0 saturated heterocycles. The number of rotatable bonds is 7. The van der Waals surface area contributed by atoms with E-state index in [1.165, 1.54) is 19.1 Å². The van der Waals surface area contributed by atoms with Crippen LogP contribution in [0.25, 0.3) is 0 Å². The summed E-state index contributed by atoms with van der Waals surface area (Å²) in [6.07, 6.45) is 4.47. The van der Waals surface area contributed by atoms with Crippen LogP contribution >= 0.6 is 0 Å². The number of carboxylic acids is 1. The number of benzene rings is 1. The van der Waals surface area contributed by atoms with Crippen molar-refractivity contribution >= 4 is 23.3 Å². The van der Waals surface area contributed by atoms with Gasteiger partial charge >= 0.3 is 5.97 Å². The highest BCUT2D eigenvalue weighted by molar-refractivity contribution is 6.27. The van der Waals surface area contributed by atoms with Crippen LogP contribution in [-0.2, 0) is 4.79 Å². The average molecular weight is 371 g/mol. The lowest BCUT2D eigenvalue weighted by Crippen LogP contribution is -2.24. The number of aliphatic carboxylic acids is 1. The molecule has 0 radical (unpaired) electrons. The van der Waals surface area contributed by atoms with E-state index in [1.54, 1.807) is 0 Å². The number of carbonyl (C=O) groups is 4. The number of fused-ring (bicyclic) bond motifs is 1. The van der Waals surface area contributed by atoms with E-state index in [9.17, 15) is 24.3 Å². The Kier molecular flexibility index (Phi) is 5.95. The Morgan fingerprint density at radius 2 is 1.96 bits per heavy atom. The highest BCUT2D eigenvalue weighted by atomic mass is 16.4. The summed E-state index contributed by atoms with van der Waals surface area (Å²) < 4.78 is 0. The molecule has 0 bridgehead atoms. The van der Waals surface area contributed by atoms with Gasteiger partial charge in [-0.05, 0) is 37.3 Å². The molecule has 1 unspecified atom stereocenters. The molecule has 7 heteroatoms. The summed E-state index contributed by atoms with van der Waals surface area (Å²) in [5, 5.41) is 19.1. The van der Waals surface area contributed by atoms with E-state index in [0.29, 0.717) is 18.4 Å². The number of phenols is 1. The molecule has 1 aliphatic rings. The predicted octanol–water partition coefficient (Wildman–Crippen LogP) is 2.55. The summed E-state index contributed by atoms with van der Waals surface area (Å²) in [6.45, 7) is 3.40. The van der Waals surface area contributed by atoms with Crippen LogP contribution < -0.4 is 5.73 Å². The molecule has 7 nitrogen and oxygen atoms in total. The summed E-state index contributed by atoms with van der Waals surface area (Å²) in [7, 11) is 0. The molecule has 4 N–H and O–H groups in total. The first-order chi connectivity index (χ1) is 12.7. The van der Waals surface area contributed by atoms with E-state index in [-0.39, 0.29) is 40.5 Å². The molecule has 1 atom stereocenters. The van der Waals surface area contributed by atoms with Crippen molar-refractivity contribution in [1.29, 1.82) is 0 Å². The van der Waals surface area contributed by atoms with Gasteiger partial charge in [-0.3, -0.25) is 14.4 Å². The fourth-order valence-corrected chi connectivity index (χ4v) is 3.04. The molecular weight excluding hydrogens is 350 g/mol. The maximum absolute atomic E-state index is 12.8. The zero-order chi connectivity index (χ0) is 20.3. The first-order valence-corrected chi connectivity index (χ1v) is 8.54. The van der Waals surface area contributed by atoms with Crippen molar-refractivity contribution in [3.05, 3.63) is 52.2 Å². The smallest absolute Gasteiger partial charge is 0.327 e. The molecule has 0 aliphatic heterocycles. The van der Waals surface area contributed by atoms with Crippen LogP contribution in [0.2, 0.25) is 0 Å². The Labute approximate surface area is 156 Å². The zero-order valence-corrected chi connectivity index (χ0v) is 15.1. The molecule has 0 spiro atoms. The quantitative estimate of drug-likeness (QED) is 0.495. The lowest BCUT2D eigenvalue weighted by molar-refractivity contribution is -0.131. The minimum Gasteiger partial charge on any atom is -0.507 e. The molecule has 0 aromatic heterocycles. The summed E-state index contributed by atoms with van der Waals surface area (Å²) in [5.41, 5.74) is 5.35. The van der Waals surface area contributed by atoms with Crippen LogP contribution in [-0.4, -0.2) is 33.5 Å². The number of Topliss-reactive ketones (excluding diaryl/α,β-unsaturated/α-hetero) is 2. The third-order valence-corrected chi connectivity index (χ3v) is 4.59. The van der Waals surface area contributed by atoms with Gasteiger partial charge in [-0.1, -0.05) is 13.0 Å². The molecule has 2 rings (SSSR count). The molecule has 142 valence electrons. The van der Waals surface area contributed by atoms with Gasteiger partial charge in [0.05, 0.1) is 11.3 Å². The van der Waals surface area contributed by atoms with Crippen molar-refractivity contribution in [1.82, 2.24) is 0 Å². The number of carboxylic acid groups (broad SMARTS) is 1. The average Bonchev–Trinajstić information content (AvgIpc) is 2.61. The van der Waals surface area contributed by atoms with Crippen LogP contribution in [0.1, 0.15) is 62.8 Å². The lowest BCUT2D eigenvalue weighted by atomic mass is 9.84. The molecule has 0 heterocycles. The Balaban J connectivity index is 2.38. The number of ketones is 3. The van der Waals surface area contributed by atoms with Crippen LogP contribution in [0.5, 0.6) is 5.75 Å². The second-order valence-corrected chi connectivity index (χ2v) is 6.46. The summed E-state index contributed by atoms with van der Waals surface area (Å²) in [4.78, 5) is 48.0. The molecule has 0 amide bonds. The molecule has 0 fully saturated rings. The SMILES string of the molecule is CCC(C=CC(=O)O)CCC(=O)c1c(O)c(C)cc2c1C(=O)C=C(N)C2=O. The number of hydrogen-bond donors (Lipinski definition) is 3. The van der Waals surface area contributed by atoms with Crippen molar-refractivity contribution in [2.45, 2.75) is 33.1 Å². The molecule has 1 aromatic rings. The zero-order valence-electron chi connectivity index (χ0n) is 15.1. The third kappa shape index (κ3) is 4.13. The van der Waals surface area contributed by atoms with Crippen molar-refractivity contribution in [2.75, 3.05) is 0 Å². The van der Waals surface area contributed by atoms with Crippen LogP contribution in [0, 0.1) is 12.8 Å². The van der Waals surface area contributed by atoms with Crippen molar-refractivity contribution in [2.24, 2.45) is 11.7 Å². The van der Waals surface area contributed by atoms with Gasteiger partial charge in [0, 0.05) is 29.7 Å². The summed E-state index contributed by atoms with van der Waals surface area (Å²) in [6, 6.07) is 1.35. The first-order valence-electron chi connectivity index (χ1n) is 8.54. The topological polar surface area (TPSA) is 135 Å². The highest BCUT2D eigenvalue weighted by Crippen LogP contribution is 2.34. The lowest BCUT2D eigenvalue weighted by Gasteiger charge is -2.19. The highest BCUT2D eigenvalue weighted by Gasteiger charge is 2.32. The van der Waals surface area contributed by atoms with E-state index in [2.05, 4.69) is 0 Å². The summed E-state index contributed by atoms with van der Waals surface area (Å²) in [5.74, 6) is -3.18.